The number of unbranched alkanes of at least 4 members (excludes halogenated alkanes) is 1. The van der Waals surface area contributed by atoms with Crippen LogP contribution in [0.25, 0.3) is 16.7 Å². The quantitative estimate of drug-likeness (QED) is 0.349. The second kappa shape index (κ2) is 12.4. The number of hydrogen-bond donors (Lipinski definition) is 0. The van der Waals surface area contributed by atoms with Crippen molar-refractivity contribution in [3.05, 3.63) is 89.5 Å². The Hall–Kier alpha value is -3.57. The minimum absolute atomic E-state index is 0.0187. The van der Waals surface area contributed by atoms with Crippen LogP contribution in [0.4, 0.5) is 0 Å². The molecule has 0 bridgehead atoms. The van der Waals surface area contributed by atoms with Crippen LogP contribution >= 0.6 is 0 Å². The average Bonchev–Trinajstić information content (AvgIpc) is 2.95. The second-order valence-corrected chi connectivity index (χ2v) is 8.94. The van der Waals surface area contributed by atoms with Crippen molar-refractivity contribution < 1.29 is 19.0 Å². The topological polar surface area (TPSA) is 48.0 Å². The molecule has 3 aromatic rings. The Balaban J connectivity index is 1.66. The van der Waals surface area contributed by atoms with Crippen molar-refractivity contribution >= 4 is 11.5 Å². The molecule has 1 aliphatic heterocycles. The number of morpholine rings is 1. The van der Waals surface area contributed by atoms with Crippen LogP contribution in [0.15, 0.2) is 72.8 Å². The lowest BCUT2D eigenvalue weighted by Gasteiger charge is -2.26. The van der Waals surface area contributed by atoms with E-state index in [-0.39, 0.29) is 5.91 Å². The van der Waals surface area contributed by atoms with Crippen LogP contribution in [0, 0.1) is 0 Å². The predicted octanol–water partition coefficient (Wildman–Crippen LogP) is 6.00. The SMILES string of the molecule is CCCCc1ccc(-c2ccc(C(=CC(=O)N3CCOCC3)c3ccc(OC)c(OC)c3)cc2)cc1. The molecule has 5 heteroatoms. The molecule has 0 aliphatic carbocycles. The highest BCUT2D eigenvalue weighted by atomic mass is 16.5. The molecule has 36 heavy (non-hydrogen) atoms. The molecule has 0 spiro atoms. The van der Waals surface area contributed by atoms with Gasteiger partial charge in [-0.15, -0.1) is 0 Å². The number of methoxy groups -OCH3 is 2. The number of hydrogen-bond acceptors (Lipinski definition) is 4. The van der Waals surface area contributed by atoms with Crippen molar-refractivity contribution in [2.75, 3.05) is 40.5 Å². The maximum atomic E-state index is 13.2. The van der Waals surface area contributed by atoms with Gasteiger partial charge >= 0.3 is 0 Å². The lowest BCUT2D eigenvalue weighted by molar-refractivity contribution is -0.129. The molecule has 0 aromatic heterocycles. The third kappa shape index (κ3) is 6.16. The van der Waals surface area contributed by atoms with E-state index in [1.54, 1.807) is 20.3 Å². The zero-order valence-corrected chi connectivity index (χ0v) is 21.5. The third-order valence-corrected chi connectivity index (χ3v) is 6.59. The summed E-state index contributed by atoms with van der Waals surface area (Å²) in [6, 6.07) is 22.9. The highest BCUT2D eigenvalue weighted by Crippen LogP contribution is 2.34. The summed E-state index contributed by atoms with van der Waals surface area (Å²) in [5, 5.41) is 0. The van der Waals surface area contributed by atoms with Gasteiger partial charge in [-0.1, -0.05) is 67.9 Å². The van der Waals surface area contributed by atoms with E-state index in [0.29, 0.717) is 37.8 Å². The van der Waals surface area contributed by atoms with Crippen LogP contribution in [-0.4, -0.2) is 51.3 Å². The number of nitrogens with zero attached hydrogens (tertiary/aromatic N) is 1. The van der Waals surface area contributed by atoms with Gasteiger partial charge in [-0.25, -0.2) is 0 Å². The van der Waals surface area contributed by atoms with Gasteiger partial charge in [0.05, 0.1) is 27.4 Å². The summed E-state index contributed by atoms with van der Waals surface area (Å²) in [4.78, 5) is 15.0. The lowest BCUT2D eigenvalue weighted by Crippen LogP contribution is -2.39. The first kappa shape index (κ1) is 25.5. The Morgan fingerprint density at radius 2 is 1.47 bits per heavy atom. The van der Waals surface area contributed by atoms with Crippen molar-refractivity contribution in [1.82, 2.24) is 4.90 Å². The van der Waals surface area contributed by atoms with Gasteiger partial charge in [0.15, 0.2) is 11.5 Å². The van der Waals surface area contributed by atoms with Crippen molar-refractivity contribution in [2.24, 2.45) is 0 Å². The molecule has 4 rings (SSSR count). The average molecular weight is 486 g/mol. The molecule has 0 unspecified atom stereocenters. The number of benzene rings is 3. The molecule has 0 N–H and O–H groups in total. The number of amides is 1. The van der Waals surface area contributed by atoms with Crippen LogP contribution in [0.1, 0.15) is 36.5 Å². The molecule has 1 heterocycles. The van der Waals surface area contributed by atoms with Crippen LogP contribution in [0.3, 0.4) is 0 Å². The van der Waals surface area contributed by atoms with E-state index in [2.05, 4.69) is 55.5 Å². The molecule has 5 nitrogen and oxygen atoms in total. The summed E-state index contributed by atoms with van der Waals surface area (Å²) in [6.07, 6.45) is 5.26. The molecule has 0 radical (unpaired) electrons. The monoisotopic (exact) mass is 485 g/mol. The molecule has 1 saturated heterocycles. The van der Waals surface area contributed by atoms with Crippen LogP contribution in [0.5, 0.6) is 11.5 Å². The maximum Gasteiger partial charge on any atom is 0.247 e. The molecular weight excluding hydrogens is 450 g/mol. The van der Waals surface area contributed by atoms with Gasteiger partial charge < -0.3 is 19.1 Å². The first-order chi connectivity index (χ1) is 17.6. The Bertz CT molecular complexity index is 1180. The summed E-state index contributed by atoms with van der Waals surface area (Å²) < 4.78 is 16.4. The number of carbonyl (C=O) groups excluding carboxylic acids is 1. The molecule has 3 aromatic carbocycles. The largest absolute Gasteiger partial charge is 0.493 e. The predicted molar refractivity (Wildman–Crippen MR) is 145 cm³/mol. The summed E-state index contributed by atoms with van der Waals surface area (Å²) >= 11 is 0. The maximum absolute atomic E-state index is 13.2. The van der Waals surface area contributed by atoms with E-state index in [0.717, 1.165) is 28.7 Å². The van der Waals surface area contributed by atoms with Gasteiger partial charge in [0.1, 0.15) is 0 Å². The summed E-state index contributed by atoms with van der Waals surface area (Å²) in [5.41, 5.74) is 6.40. The molecule has 0 atom stereocenters. The fourth-order valence-corrected chi connectivity index (χ4v) is 4.42. The Morgan fingerprint density at radius 3 is 2.08 bits per heavy atom. The standard InChI is InChI=1S/C31H35NO4/c1-4-5-6-23-7-9-24(10-8-23)25-11-13-26(14-12-25)28(22-31(33)32-17-19-36-20-18-32)27-15-16-29(34-2)30(21-27)35-3/h7-16,21-22H,4-6,17-20H2,1-3H3. The van der Waals surface area contributed by atoms with Gasteiger partial charge in [-0.05, 0) is 58.4 Å². The van der Waals surface area contributed by atoms with Gasteiger partial charge in [0.25, 0.3) is 0 Å². The number of rotatable bonds is 9. The van der Waals surface area contributed by atoms with Gasteiger partial charge in [0.2, 0.25) is 5.91 Å². The summed E-state index contributed by atoms with van der Waals surface area (Å²) in [6.45, 7) is 4.55. The van der Waals surface area contributed by atoms with Gasteiger partial charge in [0, 0.05) is 19.2 Å². The molecule has 188 valence electrons. The minimum atomic E-state index is -0.0187. The van der Waals surface area contributed by atoms with Crippen LogP contribution < -0.4 is 9.47 Å². The van der Waals surface area contributed by atoms with E-state index < -0.39 is 0 Å². The van der Waals surface area contributed by atoms with Crippen LogP contribution in [0.2, 0.25) is 0 Å². The van der Waals surface area contributed by atoms with Gasteiger partial charge in [-0.3, -0.25) is 4.79 Å². The number of aryl methyl sites for hydroxylation is 1. The Kier molecular flexibility index (Phi) is 8.80. The minimum Gasteiger partial charge on any atom is -0.493 e. The Labute approximate surface area is 214 Å². The summed E-state index contributed by atoms with van der Waals surface area (Å²) in [7, 11) is 3.23. The fraction of sp³-hybridized carbons (Fsp3) is 0.323. The van der Waals surface area contributed by atoms with E-state index >= 15 is 0 Å². The molecule has 1 aliphatic rings. The molecule has 0 saturated carbocycles. The van der Waals surface area contributed by atoms with Crippen molar-refractivity contribution in [3.8, 4) is 22.6 Å². The van der Waals surface area contributed by atoms with Gasteiger partial charge in [-0.2, -0.15) is 0 Å². The van der Waals surface area contributed by atoms with E-state index in [9.17, 15) is 4.79 Å². The zero-order valence-electron chi connectivity index (χ0n) is 21.5. The van der Waals surface area contributed by atoms with E-state index in [4.69, 9.17) is 14.2 Å². The first-order valence-corrected chi connectivity index (χ1v) is 12.6. The van der Waals surface area contributed by atoms with Crippen LogP contribution in [-0.2, 0) is 16.0 Å². The number of carbonyl (C=O) groups is 1. The fourth-order valence-electron chi connectivity index (χ4n) is 4.42. The molecule has 1 fully saturated rings. The van der Waals surface area contributed by atoms with Crippen molar-refractivity contribution in [1.29, 1.82) is 0 Å². The zero-order chi connectivity index (χ0) is 25.3. The van der Waals surface area contributed by atoms with E-state index in [1.807, 2.05) is 23.1 Å². The lowest BCUT2D eigenvalue weighted by atomic mass is 9.94. The van der Waals surface area contributed by atoms with Crippen molar-refractivity contribution in [2.45, 2.75) is 26.2 Å². The summed E-state index contributed by atoms with van der Waals surface area (Å²) in [5.74, 6) is 1.26. The highest BCUT2D eigenvalue weighted by Gasteiger charge is 2.18. The molecular formula is C31H35NO4. The number of ether oxygens (including phenoxy) is 3. The highest BCUT2D eigenvalue weighted by molar-refractivity contribution is 5.99. The third-order valence-electron chi connectivity index (χ3n) is 6.59. The second-order valence-electron chi connectivity index (χ2n) is 8.94. The smallest absolute Gasteiger partial charge is 0.247 e. The Morgan fingerprint density at radius 1 is 0.861 bits per heavy atom. The first-order valence-electron chi connectivity index (χ1n) is 12.6. The normalized spacial score (nSPS) is 14.0. The molecule has 1 amide bonds. The van der Waals surface area contributed by atoms with Crippen molar-refractivity contribution in [3.63, 3.8) is 0 Å². The van der Waals surface area contributed by atoms with E-state index in [1.165, 1.54) is 24.0 Å².